The van der Waals surface area contributed by atoms with Gasteiger partial charge in [-0.2, -0.15) is 0 Å². The van der Waals surface area contributed by atoms with Crippen molar-refractivity contribution in [1.29, 1.82) is 0 Å². The normalized spacial score (nSPS) is 23.2. The molecule has 1 N–H and O–H groups in total. The minimum Gasteiger partial charge on any atom is -0.481 e. The van der Waals surface area contributed by atoms with Crippen molar-refractivity contribution in [3.8, 4) is 0 Å². The van der Waals surface area contributed by atoms with Crippen LogP contribution in [0.5, 0.6) is 0 Å². The van der Waals surface area contributed by atoms with E-state index in [1.807, 2.05) is 24.3 Å². The molecule has 0 spiro atoms. The van der Waals surface area contributed by atoms with E-state index in [9.17, 15) is 14.7 Å². The number of carbonyl (C=O) groups is 2. The number of carbonyl (C=O) groups excluding carboxylic acids is 1. The van der Waals surface area contributed by atoms with Crippen LogP contribution in [0.15, 0.2) is 24.3 Å². The molecule has 4 heteroatoms. The van der Waals surface area contributed by atoms with Gasteiger partial charge in [0.15, 0.2) is 0 Å². The van der Waals surface area contributed by atoms with Gasteiger partial charge in [-0.1, -0.05) is 38.1 Å². The van der Waals surface area contributed by atoms with Gasteiger partial charge in [0, 0.05) is 13.5 Å². The number of hydrogen-bond acceptors (Lipinski definition) is 2. The predicted molar refractivity (Wildman–Crippen MR) is 71.8 cm³/mol. The first-order valence-electron chi connectivity index (χ1n) is 6.50. The summed E-state index contributed by atoms with van der Waals surface area (Å²) in [6, 6.07) is 7.53. The minimum absolute atomic E-state index is 0.0857. The maximum absolute atomic E-state index is 11.7. The lowest BCUT2D eigenvalue weighted by Crippen LogP contribution is -2.26. The second-order valence-corrected chi connectivity index (χ2v) is 5.42. The first-order chi connectivity index (χ1) is 8.91. The van der Waals surface area contributed by atoms with Crippen LogP contribution < -0.4 is 0 Å². The Hall–Kier alpha value is -1.84. The zero-order chi connectivity index (χ0) is 14.2. The number of nitrogens with zero attached hydrogens (tertiary/aromatic N) is 1. The molecule has 4 nitrogen and oxygen atoms in total. The summed E-state index contributed by atoms with van der Waals surface area (Å²) in [6.45, 7) is 4.22. The molecule has 1 heterocycles. The molecule has 0 bridgehead atoms. The zero-order valence-electron chi connectivity index (χ0n) is 11.5. The van der Waals surface area contributed by atoms with Crippen LogP contribution in [0.4, 0.5) is 0 Å². The molecule has 2 rings (SSSR count). The standard InChI is InChI=1S/C15H19NO3/c1-9(2)10-4-6-11(7-5-10)14-12(15(18)19)8-13(17)16(14)3/h4-7,9,12,14H,8H2,1-3H3,(H,18,19). The first kappa shape index (κ1) is 13.6. The van der Waals surface area contributed by atoms with Gasteiger partial charge in [-0.15, -0.1) is 0 Å². The number of benzene rings is 1. The maximum Gasteiger partial charge on any atom is 0.309 e. The predicted octanol–water partition coefficient (Wildman–Crippen LogP) is 2.41. The van der Waals surface area contributed by atoms with Crippen LogP contribution in [0.25, 0.3) is 0 Å². The van der Waals surface area contributed by atoms with E-state index in [2.05, 4.69) is 13.8 Å². The summed E-state index contributed by atoms with van der Waals surface area (Å²) < 4.78 is 0. The molecule has 2 unspecified atom stereocenters. The molecule has 102 valence electrons. The Morgan fingerprint density at radius 1 is 1.32 bits per heavy atom. The van der Waals surface area contributed by atoms with E-state index < -0.39 is 11.9 Å². The second-order valence-electron chi connectivity index (χ2n) is 5.42. The van der Waals surface area contributed by atoms with Crippen LogP contribution in [0.1, 0.15) is 43.4 Å². The van der Waals surface area contributed by atoms with Gasteiger partial charge in [-0.05, 0) is 17.0 Å². The number of aliphatic carboxylic acids is 1. The third kappa shape index (κ3) is 2.48. The lowest BCUT2D eigenvalue weighted by Gasteiger charge is -2.23. The van der Waals surface area contributed by atoms with Gasteiger partial charge in [0.25, 0.3) is 0 Å². The van der Waals surface area contributed by atoms with E-state index in [1.165, 1.54) is 5.56 Å². The highest BCUT2D eigenvalue weighted by atomic mass is 16.4. The molecule has 1 aliphatic heterocycles. The van der Waals surface area contributed by atoms with Crippen LogP contribution in [-0.2, 0) is 9.59 Å². The number of rotatable bonds is 3. The van der Waals surface area contributed by atoms with Crippen molar-refractivity contribution in [2.45, 2.75) is 32.2 Å². The Kier molecular flexibility index (Phi) is 3.60. The fourth-order valence-electron chi connectivity index (χ4n) is 2.63. The van der Waals surface area contributed by atoms with Crippen molar-refractivity contribution in [2.24, 2.45) is 5.92 Å². The van der Waals surface area contributed by atoms with Gasteiger partial charge in [0.2, 0.25) is 5.91 Å². The molecular weight excluding hydrogens is 242 g/mol. The number of amides is 1. The third-order valence-electron chi connectivity index (χ3n) is 3.85. The molecule has 0 aliphatic carbocycles. The average Bonchev–Trinajstić information content (AvgIpc) is 2.66. The van der Waals surface area contributed by atoms with E-state index in [0.29, 0.717) is 5.92 Å². The number of likely N-dealkylation sites (tertiary alicyclic amines) is 1. The monoisotopic (exact) mass is 261 g/mol. The molecule has 1 amide bonds. The highest BCUT2D eigenvalue weighted by Crippen LogP contribution is 2.37. The molecule has 1 fully saturated rings. The van der Waals surface area contributed by atoms with Crippen LogP contribution in [0.2, 0.25) is 0 Å². The van der Waals surface area contributed by atoms with Crippen molar-refractivity contribution in [3.05, 3.63) is 35.4 Å². The van der Waals surface area contributed by atoms with E-state index in [1.54, 1.807) is 11.9 Å². The van der Waals surface area contributed by atoms with E-state index in [-0.39, 0.29) is 18.4 Å². The molecule has 19 heavy (non-hydrogen) atoms. The van der Waals surface area contributed by atoms with Gasteiger partial charge >= 0.3 is 5.97 Å². The van der Waals surface area contributed by atoms with E-state index >= 15 is 0 Å². The lowest BCUT2D eigenvalue weighted by atomic mass is 9.92. The molecule has 0 saturated carbocycles. The smallest absolute Gasteiger partial charge is 0.309 e. The van der Waals surface area contributed by atoms with Gasteiger partial charge in [0.1, 0.15) is 0 Å². The van der Waals surface area contributed by atoms with Crippen molar-refractivity contribution < 1.29 is 14.7 Å². The fraction of sp³-hybridized carbons (Fsp3) is 0.467. The van der Waals surface area contributed by atoms with Gasteiger partial charge in [-0.3, -0.25) is 9.59 Å². The van der Waals surface area contributed by atoms with Crippen LogP contribution in [-0.4, -0.2) is 28.9 Å². The summed E-state index contributed by atoms with van der Waals surface area (Å²) >= 11 is 0. The number of carboxylic acids is 1. The molecule has 1 aromatic carbocycles. The SMILES string of the molecule is CC(C)c1ccc(C2C(C(=O)O)CC(=O)N2C)cc1. The van der Waals surface area contributed by atoms with E-state index in [0.717, 1.165) is 5.56 Å². The molecule has 1 aromatic rings. The topological polar surface area (TPSA) is 57.6 Å². The fourth-order valence-corrected chi connectivity index (χ4v) is 2.63. The summed E-state index contributed by atoms with van der Waals surface area (Å²) in [5, 5.41) is 9.24. The van der Waals surface area contributed by atoms with Crippen molar-refractivity contribution in [1.82, 2.24) is 4.90 Å². The molecule has 0 aromatic heterocycles. The Morgan fingerprint density at radius 3 is 2.37 bits per heavy atom. The Bertz CT molecular complexity index is 493. The average molecular weight is 261 g/mol. The maximum atomic E-state index is 11.7. The summed E-state index contributed by atoms with van der Waals surface area (Å²) in [5.41, 5.74) is 2.10. The largest absolute Gasteiger partial charge is 0.481 e. The summed E-state index contributed by atoms with van der Waals surface area (Å²) in [4.78, 5) is 24.5. The Labute approximate surface area is 113 Å². The van der Waals surface area contributed by atoms with Crippen LogP contribution in [0, 0.1) is 5.92 Å². The first-order valence-corrected chi connectivity index (χ1v) is 6.50. The highest BCUT2D eigenvalue weighted by Gasteiger charge is 2.42. The van der Waals surface area contributed by atoms with Gasteiger partial charge < -0.3 is 10.0 Å². The summed E-state index contributed by atoms with van der Waals surface area (Å²) in [5.74, 6) is -1.23. The lowest BCUT2D eigenvalue weighted by molar-refractivity contribution is -0.142. The van der Waals surface area contributed by atoms with Crippen molar-refractivity contribution in [3.63, 3.8) is 0 Å². The summed E-state index contributed by atoms with van der Waals surface area (Å²) in [7, 11) is 1.67. The van der Waals surface area contributed by atoms with Crippen LogP contribution >= 0.6 is 0 Å². The van der Waals surface area contributed by atoms with Gasteiger partial charge in [0.05, 0.1) is 12.0 Å². The molecular formula is C15H19NO3. The number of hydrogen-bond donors (Lipinski definition) is 1. The van der Waals surface area contributed by atoms with Crippen LogP contribution in [0.3, 0.4) is 0 Å². The van der Waals surface area contributed by atoms with Crippen molar-refractivity contribution >= 4 is 11.9 Å². The zero-order valence-corrected chi connectivity index (χ0v) is 11.5. The Morgan fingerprint density at radius 2 is 1.89 bits per heavy atom. The molecule has 1 saturated heterocycles. The minimum atomic E-state index is -0.907. The quantitative estimate of drug-likeness (QED) is 0.909. The molecule has 0 radical (unpaired) electrons. The third-order valence-corrected chi connectivity index (χ3v) is 3.85. The number of carboxylic acid groups (broad SMARTS) is 1. The second kappa shape index (κ2) is 5.03. The van der Waals surface area contributed by atoms with Crippen molar-refractivity contribution in [2.75, 3.05) is 7.05 Å². The van der Waals surface area contributed by atoms with E-state index in [4.69, 9.17) is 0 Å². The van der Waals surface area contributed by atoms with Gasteiger partial charge in [-0.25, -0.2) is 0 Å². The highest BCUT2D eigenvalue weighted by molar-refractivity contribution is 5.87. The Balaban J connectivity index is 2.32. The summed E-state index contributed by atoms with van der Waals surface area (Å²) in [6.07, 6.45) is 0.0857. The molecule has 1 aliphatic rings. The molecule has 2 atom stereocenters.